The van der Waals surface area contributed by atoms with Crippen molar-refractivity contribution in [1.82, 2.24) is 0 Å². The highest BCUT2D eigenvalue weighted by Gasteiger charge is 2.26. The van der Waals surface area contributed by atoms with E-state index < -0.39 is 17.3 Å². The fourth-order valence-corrected chi connectivity index (χ4v) is 1.20. The van der Waals surface area contributed by atoms with Gasteiger partial charge in [-0.2, -0.15) is 0 Å². The van der Waals surface area contributed by atoms with E-state index in [2.05, 4.69) is 5.32 Å². The smallest absolute Gasteiger partial charge is 0.244 e. The minimum absolute atomic E-state index is 0.0342. The third-order valence-corrected chi connectivity index (χ3v) is 2.74. The zero-order valence-electron chi connectivity index (χ0n) is 9.18. The Bertz CT molecular complexity index is 407. The molecule has 0 bridgehead atoms. The molecule has 1 amide bonds. The SMILES string of the molecule is CCC(C)(N)C(=O)Nc1cccc(Cl)c1F. The first-order valence-electron chi connectivity index (χ1n) is 4.93. The van der Waals surface area contributed by atoms with E-state index in [4.69, 9.17) is 17.3 Å². The van der Waals surface area contributed by atoms with Crippen molar-refractivity contribution in [2.45, 2.75) is 25.8 Å². The molecule has 3 nitrogen and oxygen atoms in total. The lowest BCUT2D eigenvalue weighted by Gasteiger charge is -2.21. The van der Waals surface area contributed by atoms with Crippen LogP contribution in [0.1, 0.15) is 20.3 Å². The summed E-state index contributed by atoms with van der Waals surface area (Å²) in [4.78, 5) is 11.7. The number of halogens is 2. The van der Waals surface area contributed by atoms with Crippen molar-refractivity contribution in [3.8, 4) is 0 Å². The van der Waals surface area contributed by atoms with Crippen LogP contribution in [0.5, 0.6) is 0 Å². The van der Waals surface area contributed by atoms with Gasteiger partial charge in [0.2, 0.25) is 5.91 Å². The minimum atomic E-state index is -1.02. The van der Waals surface area contributed by atoms with Crippen LogP contribution in [0, 0.1) is 5.82 Å². The Morgan fingerprint density at radius 1 is 1.62 bits per heavy atom. The molecule has 3 N–H and O–H groups in total. The number of nitrogens with two attached hydrogens (primary N) is 1. The molecule has 16 heavy (non-hydrogen) atoms. The number of rotatable bonds is 3. The highest BCUT2D eigenvalue weighted by molar-refractivity contribution is 6.31. The van der Waals surface area contributed by atoms with Gasteiger partial charge in [0, 0.05) is 0 Å². The molecule has 0 heterocycles. The summed E-state index contributed by atoms with van der Waals surface area (Å²) in [5.74, 6) is -1.08. The van der Waals surface area contributed by atoms with Gasteiger partial charge < -0.3 is 11.1 Å². The largest absolute Gasteiger partial charge is 0.322 e. The lowest BCUT2D eigenvalue weighted by molar-refractivity contribution is -0.120. The van der Waals surface area contributed by atoms with E-state index in [-0.39, 0.29) is 10.7 Å². The molecule has 1 aromatic rings. The zero-order chi connectivity index (χ0) is 12.3. The summed E-state index contributed by atoms with van der Waals surface area (Å²) >= 11 is 5.59. The van der Waals surface area contributed by atoms with Crippen molar-refractivity contribution >= 4 is 23.2 Å². The summed E-state index contributed by atoms with van der Waals surface area (Å²) in [6.45, 7) is 3.37. The standard InChI is InChI=1S/C11H14ClFN2O/c1-3-11(2,14)10(16)15-8-6-4-5-7(12)9(8)13/h4-6H,3,14H2,1-2H3,(H,15,16). The second kappa shape index (κ2) is 4.80. The maximum absolute atomic E-state index is 13.5. The molecule has 0 saturated heterocycles. The van der Waals surface area contributed by atoms with Crippen LogP contribution in [0.4, 0.5) is 10.1 Å². The van der Waals surface area contributed by atoms with Crippen molar-refractivity contribution in [2.75, 3.05) is 5.32 Å². The summed E-state index contributed by atoms with van der Waals surface area (Å²) in [5, 5.41) is 2.38. The van der Waals surface area contributed by atoms with Crippen LogP contribution in [-0.4, -0.2) is 11.4 Å². The summed E-state index contributed by atoms with van der Waals surface area (Å²) in [6, 6.07) is 4.40. The van der Waals surface area contributed by atoms with Gasteiger partial charge >= 0.3 is 0 Å². The highest BCUT2D eigenvalue weighted by Crippen LogP contribution is 2.22. The van der Waals surface area contributed by atoms with Crippen molar-refractivity contribution in [1.29, 1.82) is 0 Å². The van der Waals surface area contributed by atoms with E-state index in [0.29, 0.717) is 6.42 Å². The van der Waals surface area contributed by atoms with Crippen LogP contribution in [0.15, 0.2) is 18.2 Å². The van der Waals surface area contributed by atoms with Crippen molar-refractivity contribution < 1.29 is 9.18 Å². The number of carbonyl (C=O) groups excluding carboxylic acids is 1. The van der Waals surface area contributed by atoms with Crippen molar-refractivity contribution in [2.24, 2.45) is 5.73 Å². The van der Waals surface area contributed by atoms with E-state index in [9.17, 15) is 9.18 Å². The normalized spacial score (nSPS) is 14.3. The number of nitrogens with one attached hydrogen (secondary N) is 1. The Morgan fingerprint density at radius 3 is 2.81 bits per heavy atom. The number of hydrogen-bond donors (Lipinski definition) is 2. The fraction of sp³-hybridized carbons (Fsp3) is 0.364. The second-order valence-corrected chi connectivity index (χ2v) is 4.23. The summed E-state index contributed by atoms with van der Waals surface area (Å²) in [7, 11) is 0. The van der Waals surface area contributed by atoms with Crippen LogP contribution in [0.2, 0.25) is 5.02 Å². The van der Waals surface area contributed by atoms with E-state index in [1.807, 2.05) is 0 Å². The van der Waals surface area contributed by atoms with Gasteiger partial charge in [0.05, 0.1) is 16.2 Å². The Hall–Kier alpha value is -1.13. The number of hydrogen-bond acceptors (Lipinski definition) is 2. The molecule has 1 unspecified atom stereocenters. The molecule has 0 saturated carbocycles. The van der Waals surface area contributed by atoms with Crippen LogP contribution in [0.3, 0.4) is 0 Å². The molecule has 0 aliphatic carbocycles. The van der Waals surface area contributed by atoms with Gasteiger partial charge in [0.15, 0.2) is 5.82 Å². The van der Waals surface area contributed by atoms with E-state index in [1.54, 1.807) is 19.9 Å². The Labute approximate surface area is 98.8 Å². The number of benzene rings is 1. The average Bonchev–Trinajstić information content (AvgIpc) is 2.24. The zero-order valence-corrected chi connectivity index (χ0v) is 9.94. The molecule has 0 aliphatic heterocycles. The first kappa shape index (κ1) is 12.9. The third-order valence-electron chi connectivity index (χ3n) is 2.45. The Balaban J connectivity index is 2.90. The Morgan fingerprint density at radius 2 is 2.25 bits per heavy atom. The molecule has 1 aromatic carbocycles. The predicted molar refractivity (Wildman–Crippen MR) is 62.9 cm³/mol. The monoisotopic (exact) mass is 244 g/mol. The van der Waals surface area contributed by atoms with Gasteiger partial charge in [0.25, 0.3) is 0 Å². The van der Waals surface area contributed by atoms with Crippen LogP contribution in [-0.2, 0) is 4.79 Å². The van der Waals surface area contributed by atoms with Gasteiger partial charge in [-0.15, -0.1) is 0 Å². The van der Waals surface area contributed by atoms with E-state index >= 15 is 0 Å². The van der Waals surface area contributed by atoms with Crippen molar-refractivity contribution in [3.05, 3.63) is 29.0 Å². The first-order chi connectivity index (χ1) is 7.38. The highest BCUT2D eigenvalue weighted by atomic mass is 35.5. The molecule has 0 radical (unpaired) electrons. The molecule has 0 fully saturated rings. The maximum Gasteiger partial charge on any atom is 0.244 e. The van der Waals surface area contributed by atoms with Crippen LogP contribution < -0.4 is 11.1 Å². The quantitative estimate of drug-likeness (QED) is 0.859. The van der Waals surface area contributed by atoms with Gasteiger partial charge in [0.1, 0.15) is 0 Å². The van der Waals surface area contributed by atoms with Gasteiger partial charge in [-0.05, 0) is 25.5 Å². The molecule has 0 aromatic heterocycles. The summed E-state index contributed by atoms with van der Waals surface area (Å²) in [6.07, 6.45) is 0.459. The van der Waals surface area contributed by atoms with Crippen LogP contribution in [0.25, 0.3) is 0 Å². The van der Waals surface area contributed by atoms with E-state index in [1.165, 1.54) is 12.1 Å². The first-order valence-corrected chi connectivity index (χ1v) is 5.30. The molecule has 1 atom stereocenters. The molecule has 0 aliphatic rings. The predicted octanol–water partition coefficient (Wildman–Crippen LogP) is 2.55. The summed E-state index contributed by atoms with van der Waals surface area (Å²) < 4.78 is 13.5. The van der Waals surface area contributed by atoms with Gasteiger partial charge in [-0.1, -0.05) is 24.6 Å². The summed E-state index contributed by atoms with van der Waals surface area (Å²) in [5.41, 5.74) is 4.75. The molecule has 1 rings (SSSR count). The second-order valence-electron chi connectivity index (χ2n) is 3.83. The molecule has 5 heteroatoms. The Kier molecular flexibility index (Phi) is 3.88. The average molecular weight is 245 g/mol. The van der Waals surface area contributed by atoms with Gasteiger partial charge in [-0.25, -0.2) is 4.39 Å². The number of amides is 1. The molecule has 88 valence electrons. The fourth-order valence-electron chi connectivity index (χ4n) is 1.03. The van der Waals surface area contributed by atoms with Gasteiger partial charge in [-0.3, -0.25) is 4.79 Å². The van der Waals surface area contributed by atoms with Crippen LogP contribution >= 0.6 is 11.6 Å². The van der Waals surface area contributed by atoms with E-state index in [0.717, 1.165) is 0 Å². The molecular formula is C11H14ClFN2O. The lowest BCUT2D eigenvalue weighted by Crippen LogP contribution is -2.47. The molecule has 0 spiro atoms. The minimum Gasteiger partial charge on any atom is -0.322 e. The number of carbonyl (C=O) groups is 1. The third kappa shape index (κ3) is 2.71. The lowest BCUT2D eigenvalue weighted by atomic mass is 9.99. The topological polar surface area (TPSA) is 55.1 Å². The number of anilines is 1. The molecular weight excluding hydrogens is 231 g/mol. The van der Waals surface area contributed by atoms with Crippen molar-refractivity contribution in [3.63, 3.8) is 0 Å². The maximum atomic E-state index is 13.5.